The van der Waals surface area contributed by atoms with E-state index in [1.54, 1.807) is 18.4 Å². The molecule has 1 aliphatic heterocycles. The number of thiophene rings is 1. The Morgan fingerprint density at radius 3 is 2.78 bits per heavy atom. The maximum Gasteiger partial charge on any atom is 0.289 e. The first-order valence-corrected chi connectivity index (χ1v) is 10.0. The number of ether oxygens (including phenoxy) is 1. The van der Waals surface area contributed by atoms with Crippen LogP contribution in [0.3, 0.4) is 0 Å². The highest BCUT2D eigenvalue weighted by molar-refractivity contribution is 7.10. The molecule has 1 amide bonds. The predicted molar refractivity (Wildman–Crippen MR) is 105 cm³/mol. The second-order valence-corrected chi connectivity index (χ2v) is 7.99. The molecular formula is C21H23NO4S. The van der Waals surface area contributed by atoms with Crippen molar-refractivity contribution >= 4 is 28.2 Å². The van der Waals surface area contributed by atoms with Crippen molar-refractivity contribution in [2.24, 2.45) is 5.92 Å². The Bertz CT molecular complexity index is 939. The molecule has 1 aromatic carbocycles. The summed E-state index contributed by atoms with van der Waals surface area (Å²) >= 11 is 1.58. The van der Waals surface area contributed by atoms with Gasteiger partial charge in [0.2, 0.25) is 0 Å². The quantitative estimate of drug-likeness (QED) is 0.723. The first-order valence-electron chi connectivity index (χ1n) is 9.16. The molecule has 0 radical (unpaired) electrons. The number of nitrogens with zero attached hydrogens (tertiary/aromatic N) is 1. The summed E-state index contributed by atoms with van der Waals surface area (Å²) in [5.74, 6) is 1.22. The number of furan rings is 1. The molecule has 3 heterocycles. The summed E-state index contributed by atoms with van der Waals surface area (Å²) in [5, 5.41) is 13.5. The molecule has 4 rings (SSSR count). The van der Waals surface area contributed by atoms with Crippen LogP contribution in [0.15, 0.2) is 40.1 Å². The van der Waals surface area contributed by atoms with Gasteiger partial charge in [0.1, 0.15) is 11.3 Å². The van der Waals surface area contributed by atoms with Gasteiger partial charge in [0, 0.05) is 35.0 Å². The van der Waals surface area contributed by atoms with Crippen LogP contribution in [0.25, 0.3) is 11.0 Å². The summed E-state index contributed by atoms with van der Waals surface area (Å²) < 4.78 is 11.1. The maximum absolute atomic E-state index is 13.0. The molecule has 142 valence electrons. The van der Waals surface area contributed by atoms with Crippen LogP contribution >= 0.6 is 11.3 Å². The van der Waals surface area contributed by atoms with Crippen molar-refractivity contribution in [2.45, 2.75) is 25.9 Å². The monoisotopic (exact) mass is 385 g/mol. The van der Waals surface area contributed by atoms with E-state index >= 15 is 0 Å². The van der Waals surface area contributed by atoms with Gasteiger partial charge in [0.15, 0.2) is 5.76 Å². The number of amides is 1. The topological polar surface area (TPSA) is 62.9 Å². The minimum atomic E-state index is -0.442. The van der Waals surface area contributed by atoms with Crippen molar-refractivity contribution in [3.05, 3.63) is 51.9 Å². The van der Waals surface area contributed by atoms with E-state index in [9.17, 15) is 9.90 Å². The molecule has 1 aliphatic rings. The van der Waals surface area contributed by atoms with E-state index in [0.717, 1.165) is 28.7 Å². The molecule has 1 N–H and O–H groups in total. The number of aliphatic hydroxyl groups is 1. The first kappa shape index (κ1) is 18.1. The Kier molecular flexibility index (Phi) is 4.93. The Morgan fingerprint density at radius 1 is 1.33 bits per heavy atom. The highest BCUT2D eigenvalue weighted by Crippen LogP contribution is 2.34. The molecule has 5 nitrogen and oxygen atoms in total. The minimum absolute atomic E-state index is 0.0771. The molecule has 1 unspecified atom stereocenters. The van der Waals surface area contributed by atoms with Gasteiger partial charge in [-0.1, -0.05) is 6.07 Å². The molecule has 1 fully saturated rings. The molecule has 0 saturated carbocycles. The number of hydrogen-bond acceptors (Lipinski definition) is 5. The fraction of sp³-hybridized carbons (Fsp3) is 0.381. The third-order valence-corrected chi connectivity index (χ3v) is 6.39. The molecular weight excluding hydrogens is 362 g/mol. The zero-order valence-electron chi connectivity index (χ0n) is 15.5. The van der Waals surface area contributed by atoms with Crippen LogP contribution in [-0.2, 0) is 0 Å². The molecule has 1 atom stereocenters. The van der Waals surface area contributed by atoms with Crippen LogP contribution < -0.4 is 4.74 Å². The lowest BCUT2D eigenvalue weighted by molar-refractivity contribution is 0.0454. The zero-order chi connectivity index (χ0) is 19.0. The van der Waals surface area contributed by atoms with Crippen molar-refractivity contribution in [3.63, 3.8) is 0 Å². The third-order valence-electron chi connectivity index (χ3n) is 5.45. The van der Waals surface area contributed by atoms with Crippen LogP contribution in [0.1, 0.15) is 39.9 Å². The molecule has 1 saturated heterocycles. The van der Waals surface area contributed by atoms with Crippen molar-refractivity contribution in [2.75, 3.05) is 20.2 Å². The second kappa shape index (κ2) is 7.37. The number of fused-ring (bicyclic) bond motifs is 1. The summed E-state index contributed by atoms with van der Waals surface area (Å²) in [6.45, 7) is 3.18. The van der Waals surface area contributed by atoms with Crippen LogP contribution in [0.2, 0.25) is 0 Å². The lowest BCUT2D eigenvalue weighted by Gasteiger charge is -2.33. The fourth-order valence-corrected chi connectivity index (χ4v) is 4.59. The van der Waals surface area contributed by atoms with E-state index in [1.807, 2.05) is 47.5 Å². The van der Waals surface area contributed by atoms with Gasteiger partial charge < -0.3 is 19.2 Å². The molecule has 27 heavy (non-hydrogen) atoms. The second-order valence-electron chi connectivity index (χ2n) is 7.01. The molecule has 3 aromatic rings. The highest BCUT2D eigenvalue weighted by atomic mass is 32.1. The largest absolute Gasteiger partial charge is 0.497 e. The van der Waals surface area contributed by atoms with E-state index < -0.39 is 6.10 Å². The third kappa shape index (κ3) is 3.35. The number of aliphatic hydroxyl groups excluding tert-OH is 1. The number of benzene rings is 1. The Hall–Kier alpha value is -2.31. The average molecular weight is 385 g/mol. The van der Waals surface area contributed by atoms with E-state index in [4.69, 9.17) is 9.15 Å². The summed E-state index contributed by atoms with van der Waals surface area (Å²) in [6, 6.07) is 9.53. The number of hydrogen-bond donors (Lipinski definition) is 1. The Balaban J connectivity index is 1.48. The van der Waals surface area contributed by atoms with Gasteiger partial charge in [-0.05, 0) is 49.3 Å². The predicted octanol–water partition coefficient (Wildman–Crippen LogP) is 4.40. The summed E-state index contributed by atoms with van der Waals surface area (Å²) in [6.07, 6.45) is 1.14. The van der Waals surface area contributed by atoms with Crippen molar-refractivity contribution < 1.29 is 19.1 Å². The normalized spacial score (nSPS) is 16.6. The average Bonchev–Trinajstić information content (AvgIpc) is 3.35. The van der Waals surface area contributed by atoms with Crippen LogP contribution in [0.4, 0.5) is 0 Å². The van der Waals surface area contributed by atoms with Gasteiger partial charge >= 0.3 is 0 Å². The van der Waals surface area contributed by atoms with E-state index in [0.29, 0.717) is 30.2 Å². The highest BCUT2D eigenvalue weighted by Gasteiger charge is 2.31. The number of aryl methyl sites for hydroxylation is 1. The maximum atomic E-state index is 13.0. The number of rotatable bonds is 4. The smallest absolute Gasteiger partial charge is 0.289 e. The number of carbonyl (C=O) groups is 1. The van der Waals surface area contributed by atoms with Gasteiger partial charge in [0.25, 0.3) is 5.91 Å². The number of methoxy groups -OCH3 is 1. The SMILES string of the molecule is COc1ccc2c(C)c(C(=O)N3CCC(C(O)c4cccs4)CC3)oc2c1. The minimum Gasteiger partial charge on any atom is -0.497 e. The standard InChI is InChI=1S/C21H23NO4S/c1-13-16-6-5-15(25-2)12-17(16)26-20(13)21(24)22-9-7-14(8-10-22)19(23)18-4-3-11-27-18/h3-6,11-12,14,19,23H,7-10H2,1-2H3. The lowest BCUT2D eigenvalue weighted by atomic mass is 9.90. The number of carbonyl (C=O) groups excluding carboxylic acids is 1. The van der Waals surface area contributed by atoms with Gasteiger partial charge in [-0.3, -0.25) is 4.79 Å². The molecule has 0 bridgehead atoms. The van der Waals surface area contributed by atoms with Gasteiger partial charge in [-0.25, -0.2) is 0 Å². The molecule has 0 spiro atoms. The van der Waals surface area contributed by atoms with Crippen LogP contribution in [-0.4, -0.2) is 36.1 Å². The van der Waals surface area contributed by atoms with E-state index in [2.05, 4.69) is 0 Å². The Labute approximate surface area is 162 Å². The molecule has 0 aliphatic carbocycles. The van der Waals surface area contributed by atoms with E-state index in [-0.39, 0.29) is 11.8 Å². The van der Waals surface area contributed by atoms with E-state index in [1.165, 1.54) is 0 Å². The lowest BCUT2D eigenvalue weighted by Crippen LogP contribution is -2.39. The first-order chi connectivity index (χ1) is 13.1. The molecule has 6 heteroatoms. The zero-order valence-corrected chi connectivity index (χ0v) is 16.3. The van der Waals surface area contributed by atoms with Crippen LogP contribution in [0.5, 0.6) is 5.75 Å². The molecule has 2 aromatic heterocycles. The van der Waals surface area contributed by atoms with Crippen LogP contribution in [0, 0.1) is 12.8 Å². The summed E-state index contributed by atoms with van der Waals surface area (Å²) in [5.41, 5.74) is 1.52. The number of likely N-dealkylation sites (tertiary alicyclic amines) is 1. The van der Waals surface area contributed by atoms with Gasteiger partial charge in [0.05, 0.1) is 13.2 Å². The van der Waals surface area contributed by atoms with Crippen molar-refractivity contribution in [1.29, 1.82) is 0 Å². The fourth-order valence-electron chi connectivity index (χ4n) is 3.79. The summed E-state index contributed by atoms with van der Waals surface area (Å²) in [4.78, 5) is 15.8. The Morgan fingerprint density at radius 2 is 2.11 bits per heavy atom. The van der Waals surface area contributed by atoms with Gasteiger partial charge in [-0.2, -0.15) is 0 Å². The van der Waals surface area contributed by atoms with Crippen molar-refractivity contribution in [3.8, 4) is 5.75 Å². The van der Waals surface area contributed by atoms with Gasteiger partial charge in [-0.15, -0.1) is 11.3 Å². The summed E-state index contributed by atoms with van der Waals surface area (Å²) in [7, 11) is 1.61. The number of piperidine rings is 1. The van der Waals surface area contributed by atoms with Crippen molar-refractivity contribution in [1.82, 2.24) is 4.90 Å².